The topological polar surface area (TPSA) is 42.0 Å². The van der Waals surface area contributed by atoms with Gasteiger partial charge in [-0.15, -0.1) is 11.3 Å². The van der Waals surface area contributed by atoms with Crippen LogP contribution in [0.1, 0.15) is 23.4 Å². The number of thiazole rings is 1. The van der Waals surface area contributed by atoms with Crippen LogP contribution in [-0.2, 0) is 10.2 Å². The zero-order valence-electron chi connectivity index (χ0n) is 12.3. The molecule has 1 fully saturated rings. The summed E-state index contributed by atoms with van der Waals surface area (Å²) in [5.74, 6) is 0.0966. The fourth-order valence-electron chi connectivity index (χ4n) is 2.90. The second kappa shape index (κ2) is 4.92. The van der Waals surface area contributed by atoms with Crippen molar-refractivity contribution < 1.29 is 4.79 Å². The van der Waals surface area contributed by atoms with Gasteiger partial charge in [-0.25, -0.2) is 4.98 Å². The maximum Gasteiger partial charge on any atom is 0.235 e. The van der Waals surface area contributed by atoms with E-state index in [1.54, 1.807) is 11.3 Å². The van der Waals surface area contributed by atoms with Gasteiger partial charge in [0.2, 0.25) is 5.91 Å². The monoisotopic (exact) mass is 308 g/mol. The molecule has 0 unspecified atom stereocenters. The minimum absolute atomic E-state index is 0.0966. The number of hydrogen-bond donors (Lipinski definition) is 1. The lowest BCUT2D eigenvalue weighted by atomic mass is 9.95. The molecule has 0 aliphatic heterocycles. The van der Waals surface area contributed by atoms with E-state index in [9.17, 15) is 4.79 Å². The highest BCUT2D eigenvalue weighted by atomic mass is 32.1. The van der Waals surface area contributed by atoms with Gasteiger partial charge < -0.3 is 5.32 Å². The third kappa shape index (κ3) is 2.20. The fourth-order valence-corrected chi connectivity index (χ4v) is 3.76. The lowest BCUT2D eigenvalue weighted by molar-refractivity contribution is -0.118. The Labute approximate surface area is 133 Å². The van der Waals surface area contributed by atoms with E-state index < -0.39 is 0 Å². The standard InChI is InChI=1S/C18H16N2OS/c1-12-19-15-8-7-14(11-16(15)22-12)20-17(21)18(9-10-18)13-5-3-2-4-6-13/h2-8,11H,9-10H2,1H3,(H,20,21). The van der Waals surface area contributed by atoms with Crippen molar-refractivity contribution in [3.05, 3.63) is 59.1 Å². The van der Waals surface area contributed by atoms with E-state index in [0.29, 0.717) is 0 Å². The number of carbonyl (C=O) groups is 1. The largest absolute Gasteiger partial charge is 0.325 e. The molecule has 1 N–H and O–H groups in total. The van der Waals surface area contributed by atoms with Crippen LogP contribution in [0.5, 0.6) is 0 Å². The summed E-state index contributed by atoms with van der Waals surface area (Å²) in [6.07, 6.45) is 1.84. The van der Waals surface area contributed by atoms with Crippen molar-refractivity contribution in [2.75, 3.05) is 5.32 Å². The summed E-state index contributed by atoms with van der Waals surface area (Å²) in [6.45, 7) is 2.00. The number of carbonyl (C=O) groups excluding carboxylic acids is 1. The van der Waals surface area contributed by atoms with Crippen LogP contribution in [0.3, 0.4) is 0 Å². The van der Waals surface area contributed by atoms with Crippen LogP contribution >= 0.6 is 11.3 Å². The van der Waals surface area contributed by atoms with Gasteiger partial charge in [0.05, 0.1) is 20.6 Å². The Hall–Kier alpha value is -2.20. The van der Waals surface area contributed by atoms with Crippen LogP contribution in [-0.4, -0.2) is 10.9 Å². The summed E-state index contributed by atoms with van der Waals surface area (Å²) in [5.41, 5.74) is 2.62. The van der Waals surface area contributed by atoms with Gasteiger partial charge in [-0.2, -0.15) is 0 Å². The molecule has 0 bridgehead atoms. The van der Waals surface area contributed by atoms with Crippen molar-refractivity contribution in [3.63, 3.8) is 0 Å². The molecule has 1 aliphatic carbocycles. The molecule has 0 saturated heterocycles. The Morgan fingerprint density at radius 1 is 1.18 bits per heavy atom. The molecule has 1 saturated carbocycles. The summed E-state index contributed by atoms with van der Waals surface area (Å²) in [6, 6.07) is 16.0. The Morgan fingerprint density at radius 2 is 1.95 bits per heavy atom. The number of aromatic nitrogens is 1. The average Bonchev–Trinajstić information content (AvgIpc) is 3.25. The molecule has 1 aliphatic rings. The highest BCUT2D eigenvalue weighted by Crippen LogP contribution is 2.49. The normalized spacial score (nSPS) is 15.7. The van der Waals surface area contributed by atoms with Crippen molar-refractivity contribution >= 4 is 33.1 Å². The Morgan fingerprint density at radius 3 is 2.68 bits per heavy atom. The van der Waals surface area contributed by atoms with Gasteiger partial charge in [0.1, 0.15) is 0 Å². The van der Waals surface area contributed by atoms with Crippen molar-refractivity contribution in [2.24, 2.45) is 0 Å². The molecular weight excluding hydrogens is 292 g/mol. The first-order valence-electron chi connectivity index (χ1n) is 7.42. The molecule has 1 heterocycles. The van der Waals surface area contributed by atoms with Crippen LogP contribution in [0, 0.1) is 6.92 Å². The van der Waals surface area contributed by atoms with E-state index in [1.807, 2.05) is 55.5 Å². The maximum absolute atomic E-state index is 12.7. The third-order valence-corrected chi connectivity index (χ3v) is 5.20. The average molecular weight is 308 g/mol. The quantitative estimate of drug-likeness (QED) is 0.785. The number of aryl methyl sites for hydroxylation is 1. The number of nitrogens with one attached hydrogen (secondary N) is 1. The molecule has 3 nitrogen and oxygen atoms in total. The molecule has 4 rings (SSSR count). The highest BCUT2D eigenvalue weighted by molar-refractivity contribution is 7.18. The first-order chi connectivity index (χ1) is 10.7. The fraction of sp³-hybridized carbons (Fsp3) is 0.222. The van der Waals surface area contributed by atoms with Crippen LogP contribution in [0.15, 0.2) is 48.5 Å². The Kier molecular flexibility index (Phi) is 3.01. The number of rotatable bonds is 3. The van der Waals surface area contributed by atoms with Gasteiger partial charge in [-0.3, -0.25) is 4.79 Å². The number of hydrogen-bond acceptors (Lipinski definition) is 3. The summed E-state index contributed by atoms with van der Waals surface area (Å²) in [4.78, 5) is 17.2. The molecule has 1 aromatic heterocycles. The molecule has 3 aromatic rings. The zero-order chi connectivity index (χ0) is 15.2. The molecule has 0 radical (unpaired) electrons. The first kappa shape index (κ1) is 13.5. The van der Waals surface area contributed by atoms with Gasteiger partial charge in [-0.1, -0.05) is 30.3 Å². The smallest absolute Gasteiger partial charge is 0.235 e. The van der Waals surface area contributed by atoms with Gasteiger partial charge in [0.25, 0.3) is 0 Å². The van der Waals surface area contributed by atoms with E-state index in [0.717, 1.165) is 39.3 Å². The second-order valence-electron chi connectivity index (χ2n) is 5.82. The van der Waals surface area contributed by atoms with Crippen LogP contribution in [0.2, 0.25) is 0 Å². The summed E-state index contributed by atoms with van der Waals surface area (Å²) < 4.78 is 1.11. The molecule has 1 amide bonds. The van der Waals surface area contributed by atoms with Crippen LogP contribution in [0.4, 0.5) is 5.69 Å². The first-order valence-corrected chi connectivity index (χ1v) is 8.23. The molecule has 22 heavy (non-hydrogen) atoms. The van der Waals surface area contributed by atoms with Crippen molar-refractivity contribution in [3.8, 4) is 0 Å². The predicted octanol–water partition coefficient (Wildman–Crippen LogP) is 4.28. The van der Waals surface area contributed by atoms with Crippen LogP contribution in [0.25, 0.3) is 10.2 Å². The number of benzene rings is 2. The van der Waals surface area contributed by atoms with Crippen molar-refractivity contribution in [2.45, 2.75) is 25.2 Å². The minimum Gasteiger partial charge on any atom is -0.325 e. The number of fused-ring (bicyclic) bond motifs is 1. The summed E-state index contributed by atoms with van der Waals surface area (Å²) in [5, 5.41) is 4.13. The molecule has 0 atom stereocenters. The van der Waals surface area contributed by atoms with Gasteiger partial charge in [-0.05, 0) is 43.5 Å². The van der Waals surface area contributed by atoms with Crippen LogP contribution < -0.4 is 5.32 Å². The van der Waals surface area contributed by atoms with Crippen molar-refractivity contribution in [1.29, 1.82) is 0 Å². The van der Waals surface area contributed by atoms with Gasteiger partial charge >= 0.3 is 0 Å². The lowest BCUT2D eigenvalue weighted by Crippen LogP contribution is -2.27. The van der Waals surface area contributed by atoms with Crippen molar-refractivity contribution in [1.82, 2.24) is 4.98 Å². The Bertz CT molecular complexity index is 850. The number of anilines is 1. The van der Waals surface area contributed by atoms with E-state index in [1.165, 1.54) is 0 Å². The van der Waals surface area contributed by atoms with E-state index >= 15 is 0 Å². The van der Waals surface area contributed by atoms with E-state index in [2.05, 4.69) is 10.3 Å². The van der Waals surface area contributed by atoms with Gasteiger partial charge in [0.15, 0.2) is 0 Å². The summed E-state index contributed by atoms with van der Waals surface area (Å²) >= 11 is 1.65. The maximum atomic E-state index is 12.7. The second-order valence-corrected chi connectivity index (χ2v) is 7.05. The number of nitrogens with zero attached hydrogens (tertiary/aromatic N) is 1. The zero-order valence-corrected chi connectivity index (χ0v) is 13.1. The molecule has 2 aromatic carbocycles. The van der Waals surface area contributed by atoms with E-state index in [-0.39, 0.29) is 11.3 Å². The van der Waals surface area contributed by atoms with E-state index in [4.69, 9.17) is 0 Å². The summed E-state index contributed by atoms with van der Waals surface area (Å²) in [7, 11) is 0. The Balaban J connectivity index is 1.61. The van der Waals surface area contributed by atoms with Gasteiger partial charge in [0, 0.05) is 5.69 Å². The molecular formula is C18H16N2OS. The lowest BCUT2D eigenvalue weighted by Gasteiger charge is -2.15. The number of amides is 1. The highest BCUT2D eigenvalue weighted by Gasteiger charge is 2.51. The molecule has 110 valence electrons. The minimum atomic E-state index is -0.333. The SMILES string of the molecule is Cc1nc2ccc(NC(=O)C3(c4ccccc4)CC3)cc2s1. The predicted molar refractivity (Wildman–Crippen MR) is 90.3 cm³/mol. The molecule has 0 spiro atoms. The third-order valence-electron chi connectivity index (χ3n) is 4.26. The molecule has 4 heteroatoms.